The third-order valence-electron chi connectivity index (χ3n) is 1.91. The van der Waals surface area contributed by atoms with Crippen molar-refractivity contribution in [3.05, 3.63) is 17.7 Å². The zero-order valence-corrected chi connectivity index (χ0v) is 8.63. The van der Waals surface area contributed by atoms with Gasteiger partial charge in [0.1, 0.15) is 11.9 Å². The van der Waals surface area contributed by atoms with Gasteiger partial charge < -0.3 is 9.72 Å². The fourth-order valence-electron chi connectivity index (χ4n) is 1.08. The van der Waals surface area contributed by atoms with Gasteiger partial charge in [-0.3, -0.25) is 10.1 Å². The third-order valence-corrected chi connectivity index (χ3v) is 1.91. The molecule has 0 saturated heterocycles. The van der Waals surface area contributed by atoms with E-state index in [1.54, 1.807) is 13.1 Å². The van der Waals surface area contributed by atoms with E-state index in [1.807, 2.05) is 6.92 Å². The molecule has 5 heteroatoms. The number of carbonyl (C=O) groups excluding carboxylic acids is 1. The van der Waals surface area contributed by atoms with Gasteiger partial charge in [-0.2, -0.15) is 0 Å². The Labute approximate surface area is 82.9 Å². The molecule has 0 spiro atoms. The van der Waals surface area contributed by atoms with Gasteiger partial charge in [0.15, 0.2) is 0 Å². The van der Waals surface area contributed by atoms with E-state index in [1.165, 1.54) is 7.11 Å². The number of nitrogens with one attached hydrogen (secondary N) is 2. The van der Waals surface area contributed by atoms with E-state index in [9.17, 15) is 4.79 Å². The van der Waals surface area contributed by atoms with E-state index in [2.05, 4.69) is 20.0 Å². The number of methoxy groups -OCH3 is 1. The number of hydrogen-bond acceptors (Lipinski definition) is 4. The fraction of sp³-hybridized carbons (Fsp3) is 0.556. The molecular weight excluding hydrogens is 182 g/mol. The second kappa shape index (κ2) is 4.76. The zero-order valence-electron chi connectivity index (χ0n) is 8.63. The highest BCUT2D eigenvalue weighted by Gasteiger charge is 2.11. The summed E-state index contributed by atoms with van der Waals surface area (Å²) in [6.07, 6.45) is 1.74. The molecule has 0 fully saturated rings. The van der Waals surface area contributed by atoms with Crippen LogP contribution in [0, 0.1) is 6.92 Å². The highest BCUT2D eigenvalue weighted by Crippen LogP contribution is 1.96. The minimum Gasteiger partial charge on any atom is -0.468 e. The van der Waals surface area contributed by atoms with Crippen molar-refractivity contribution in [3.63, 3.8) is 0 Å². The van der Waals surface area contributed by atoms with Gasteiger partial charge in [-0.1, -0.05) is 0 Å². The number of carbonyl (C=O) groups is 1. The van der Waals surface area contributed by atoms with E-state index < -0.39 is 0 Å². The summed E-state index contributed by atoms with van der Waals surface area (Å²) in [7, 11) is 1.38. The minimum absolute atomic E-state index is 0.263. The fourth-order valence-corrected chi connectivity index (χ4v) is 1.08. The van der Waals surface area contributed by atoms with Gasteiger partial charge in [0.2, 0.25) is 0 Å². The van der Waals surface area contributed by atoms with Crippen LogP contribution < -0.4 is 5.32 Å². The summed E-state index contributed by atoms with van der Waals surface area (Å²) in [5.41, 5.74) is 0.957. The lowest BCUT2D eigenvalue weighted by molar-refractivity contribution is -0.142. The molecule has 14 heavy (non-hydrogen) atoms. The number of aryl methyl sites for hydroxylation is 1. The Morgan fingerprint density at radius 3 is 3.00 bits per heavy atom. The van der Waals surface area contributed by atoms with Crippen molar-refractivity contribution >= 4 is 5.97 Å². The van der Waals surface area contributed by atoms with Gasteiger partial charge in [0, 0.05) is 18.4 Å². The van der Waals surface area contributed by atoms with Crippen LogP contribution in [-0.2, 0) is 16.1 Å². The Morgan fingerprint density at radius 2 is 2.50 bits per heavy atom. The lowest BCUT2D eigenvalue weighted by atomic mass is 10.3. The summed E-state index contributed by atoms with van der Waals surface area (Å²) in [4.78, 5) is 18.1. The van der Waals surface area contributed by atoms with Gasteiger partial charge in [-0.15, -0.1) is 0 Å². The van der Waals surface area contributed by atoms with Crippen LogP contribution in [0.1, 0.15) is 18.4 Å². The van der Waals surface area contributed by atoms with Gasteiger partial charge in [-0.05, 0) is 13.8 Å². The van der Waals surface area contributed by atoms with Crippen molar-refractivity contribution in [2.75, 3.05) is 7.11 Å². The van der Waals surface area contributed by atoms with Crippen LogP contribution in [0.4, 0.5) is 0 Å². The monoisotopic (exact) mass is 197 g/mol. The number of nitrogens with zero attached hydrogens (tertiary/aromatic N) is 1. The number of esters is 1. The maximum absolute atomic E-state index is 11.0. The predicted molar refractivity (Wildman–Crippen MR) is 51.6 cm³/mol. The molecule has 1 atom stereocenters. The van der Waals surface area contributed by atoms with Gasteiger partial charge in [0.05, 0.1) is 7.11 Å². The van der Waals surface area contributed by atoms with E-state index >= 15 is 0 Å². The molecule has 1 aromatic heterocycles. The Balaban J connectivity index is 2.37. The molecule has 0 aliphatic rings. The van der Waals surface area contributed by atoms with Crippen LogP contribution in [0.5, 0.6) is 0 Å². The summed E-state index contributed by atoms with van der Waals surface area (Å²) in [5, 5.41) is 3.02. The van der Waals surface area contributed by atoms with E-state index in [0.717, 1.165) is 11.5 Å². The standard InChI is InChI=1S/C9H15N3O2/c1-6(9(13)14-3)10-4-8-5-11-7(2)12-8/h5-6,10H,4H2,1-3H3,(H,11,12)/t6-/m0/s1. The quantitative estimate of drug-likeness (QED) is 0.684. The van der Waals surface area contributed by atoms with Crippen LogP contribution in [0.2, 0.25) is 0 Å². The molecule has 5 nitrogen and oxygen atoms in total. The summed E-state index contributed by atoms with van der Waals surface area (Å²) in [5.74, 6) is 0.605. The number of imidazole rings is 1. The molecule has 0 unspecified atom stereocenters. The molecule has 78 valence electrons. The largest absolute Gasteiger partial charge is 0.468 e. The second-order valence-electron chi connectivity index (χ2n) is 3.12. The first kappa shape index (κ1) is 10.7. The number of ether oxygens (including phenoxy) is 1. The summed E-state index contributed by atoms with van der Waals surface area (Å²) < 4.78 is 4.58. The zero-order chi connectivity index (χ0) is 10.6. The van der Waals surface area contributed by atoms with Crippen molar-refractivity contribution in [2.45, 2.75) is 26.4 Å². The Hall–Kier alpha value is -1.36. The minimum atomic E-state index is -0.302. The Bertz CT molecular complexity index is 309. The van der Waals surface area contributed by atoms with Crippen LogP contribution in [0.3, 0.4) is 0 Å². The van der Waals surface area contributed by atoms with Crippen molar-refractivity contribution in [1.29, 1.82) is 0 Å². The lowest BCUT2D eigenvalue weighted by Crippen LogP contribution is -2.34. The number of H-pyrrole nitrogens is 1. The summed E-state index contributed by atoms with van der Waals surface area (Å²) in [6.45, 7) is 4.22. The Morgan fingerprint density at radius 1 is 1.79 bits per heavy atom. The molecule has 0 bridgehead atoms. The topological polar surface area (TPSA) is 67.0 Å². The van der Waals surface area contributed by atoms with Crippen LogP contribution in [0.15, 0.2) is 6.20 Å². The summed E-state index contributed by atoms with van der Waals surface area (Å²) >= 11 is 0. The van der Waals surface area contributed by atoms with E-state index in [4.69, 9.17) is 0 Å². The number of aromatic amines is 1. The molecule has 1 aromatic rings. The van der Waals surface area contributed by atoms with Crippen LogP contribution >= 0.6 is 0 Å². The molecule has 0 saturated carbocycles. The van der Waals surface area contributed by atoms with Crippen LogP contribution in [-0.4, -0.2) is 29.1 Å². The molecule has 0 radical (unpaired) electrons. The summed E-state index contributed by atoms with van der Waals surface area (Å²) in [6, 6.07) is -0.302. The van der Waals surface area contributed by atoms with E-state index in [0.29, 0.717) is 6.54 Å². The normalized spacial score (nSPS) is 12.5. The number of hydrogen-bond donors (Lipinski definition) is 2. The van der Waals surface area contributed by atoms with Gasteiger partial charge in [-0.25, -0.2) is 4.98 Å². The van der Waals surface area contributed by atoms with Crippen molar-refractivity contribution in [1.82, 2.24) is 15.3 Å². The highest BCUT2D eigenvalue weighted by molar-refractivity contribution is 5.74. The van der Waals surface area contributed by atoms with Crippen molar-refractivity contribution in [2.24, 2.45) is 0 Å². The molecule has 1 rings (SSSR count). The lowest BCUT2D eigenvalue weighted by Gasteiger charge is -2.09. The second-order valence-corrected chi connectivity index (χ2v) is 3.12. The molecule has 0 aromatic carbocycles. The van der Waals surface area contributed by atoms with Crippen molar-refractivity contribution in [3.8, 4) is 0 Å². The maximum Gasteiger partial charge on any atom is 0.322 e. The molecular formula is C9H15N3O2. The first-order valence-electron chi connectivity index (χ1n) is 4.45. The molecule has 2 N–H and O–H groups in total. The maximum atomic E-state index is 11.0. The first-order valence-corrected chi connectivity index (χ1v) is 4.45. The molecule has 0 amide bonds. The van der Waals surface area contributed by atoms with E-state index in [-0.39, 0.29) is 12.0 Å². The molecule has 0 aliphatic heterocycles. The Kier molecular flexibility index (Phi) is 3.64. The highest BCUT2D eigenvalue weighted by atomic mass is 16.5. The van der Waals surface area contributed by atoms with Crippen molar-refractivity contribution < 1.29 is 9.53 Å². The third kappa shape index (κ3) is 2.85. The van der Waals surface area contributed by atoms with Crippen LogP contribution in [0.25, 0.3) is 0 Å². The predicted octanol–water partition coefficient (Wildman–Crippen LogP) is 0.369. The molecule has 0 aliphatic carbocycles. The smallest absolute Gasteiger partial charge is 0.322 e. The SMILES string of the molecule is COC(=O)[C@H](C)NCc1cnc(C)[nH]1. The molecule has 1 heterocycles. The number of rotatable bonds is 4. The number of aromatic nitrogens is 2. The average molecular weight is 197 g/mol. The van der Waals surface area contributed by atoms with Gasteiger partial charge >= 0.3 is 5.97 Å². The average Bonchev–Trinajstić information content (AvgIpc) is 2.59. The van der Waals surface area contributed by atoms with Gasteiger partial charge in [0.25, 0.3) is 0 Å². The first-order chi connectivity index (χ1) is 6.63.